The van der Waals surface area contributed by atoms with Crippen LogP contribution < -0.4 is 15.4 Å². The first-order chi connectivity index (χ1) is 12.3. The van der Waals surface area contributed by atoms with Gasteiger partial charge < -0.3 is 20.5 Å². The number of ether oxygens (including phenoxy) is 1. The lowest BCUT2D eigenvalue weighted by atomic mass is 9.72. The lowest BCUT2D eigenvalue weighted by Gasteiger charge is -2.51. The molecule has 26 heavy (non-hydrogen) atoms. The van der Waals surface area contributed by atoms with Crippen LogP contribution in [0.15, 0.2) is 42.5 Å². The molecule has 4 nitrogen and oxygen atoms in total. The van der Waals surface area contributed by atoms with Gasteiger partial charge in [-0.3, -0.25) is 0 Å². The summed E-state index contributed by atoms with van der Waals surface area (Å²) in [6.07, 6.45) is 1.28. The van der Waals surface area contributed by atoms with Gasteiger partial charge in [-0.15, -0.1) is 0 Å². The molecule has 2 atom stereocenters. The fourth-order valence-corrected chi connectivity index (χ4v) is 4.95. The molecule has 1 spiro atoms. The molecule has 0 saturated carbocycles. The smallest absolute Gasteiger partial charge is 0.167 e. The van der Waals surface area contributed by atoms with Crippen LogP contribution in [0, 0.1) is 0 Å². The van der Waals surface area contributed by atoms with E-state index in [0.717, 1.165) is 17.5 Å². The zero-order valence-corrected chi connectivity index (χ0v) is 16.2. The lowest BCUT2D eigenvalue weighted by Crippen LogP contribution is -2.65. The van der Waals surface area contributed by atoms with Gasteiger partial charge in [0, 0.05) is 34.2 Å². The van der Waals surface area contributed by atoms with Crippen LogP contribution in [0.4, 0.5) is 0 Å². The van der Waals surface area contributed by atoms with E-state index in [9.17, 15) is 5.11 Å². The Labute approximate surface area is 163 Å². The monoisotopic (exact) mass is 388 g/mol. The molecule has 0 aromatic heterocycles. The van der Waals surface area contributed by atoms with Crippen molar-refractivity contribution in [2.45, 2.75) is 43.9 Å². The molecular weight excluding hydrogens is 368 g/mol. The first-order valence-electron chi connectivity index (χ1n) is 8.63. The topological polar surface area (TPSA) is 53.5 Å². The SMILES string of the molecule is CC1(C)CC2(CC(c3ccccc3Cl)Oc3cc(O)ccc32)NC(=S)N1. The Kier molecular flexibility index (Phi) is 4.04. The summed E-state index contributed by atoms with van der Waals surface area (Å²) in [6, 6.07) is 13.0. The number of thiocarbonyl (C=S) groups is 1. The summed E-state index contributed by atoms with van der Waals surface area (Å²) in [5.74, 6) is 0.837. The lowest BCUT2D eigenvalue weighted by molar-refractivity contribution is 0.0870. The molecule has 2 aromatic carbocycles. The highest BCUT2D eigenvalue weighted by molar-refractivity contribution is 7.80. The van der Waals surface area contributed by atoms with Crippen molar-refractivity contribution < 1.29 is 9.84 Å². The number of aromatic hydroxyl groups is 1. The zero-order chi connectivity index (χ0) is 18.5. The van der Waals surface area contributed by atoms with Crippen molar-refractivity contribution in [1.29, 1.82) is 0 Å². The molecule has 0 bridgehead atoms. The Balaban J connectivity index is 1.85. The summed E-state index contributed by atoms with van der Waals surface area (Å²) in [4.78, 5) is 0. The third kappa shape index (κ3) is 2.99. The van der Waals surface area contributed by atoms with Gasteiger partial charge in [0.15, 0.2) is 5.11 Å². The van der Waals surface area contributed by atoms with Crippen molar-refractivity contribution in [3.8, 4) is 11.5 Å². The number of fused-ring (bicyclic) bond motifs is 2. The minimum atomic E-state index is -0.392. The number of phenolic OH excluding ortho intramolecular Hbond substituents is 1. The predicted molar refractivity (Wildman–Crippen MR) is 107 cm³/mol. The molecule has 6 heteroatoms. The average molecular weight is 389 g/mol. The number of hydrogen-bond donors (Lipinski definition) is 3. The van der Waals surface area contributed by atoms with Gasteiger partial charge in [-0.25, -0.2) is 0 Å². The number of halogens is 1. The van der Waals surface area contributed by atoms with E-state index in [4.69, 9.17) is 28.6 Å². The Bertz CT molecular complexity index is 886. The summed E-state index contributed by atoms with van der Waals surface area (Å²) in [5.41, 5.74) is 1.39. The number of nitrogens with one attached hydrogen (secondary N) is 2. The third-order valence-electron chi connectivity index (χ3n) is 5.08. The summed E-state index contributed by atoms with van der Waals surface area (Å²) in [6.45, 7) is 4.28. The molecule has 2 aromatic rings. The number of rotatable bonds is 1. The second-order valence-electron chi connectivity index (χ2n) is 7.73. The van der Waals surface area contributed by atoms with Crippen LogP contribution in [0.25, 0.3) is 0 Å². The number of hydrogen-bond acceptors (Lipinski definition) is 3. The minimum Gasteiger partial charge on any atom is -0.508 e. The highest BCUT2D eigenvalue weighted by Gasteiger charge is 2.49. The summed E-state index contributed by atoms with van der Waals surface area (Å²) >= 11 is 11.9. The van der Waals surface area contributed by atoms with Gasteiger partial charge in [-0.05, 0) is 50.7 Å². The van der Waals surface area contributed by atoms with Crippen molar-refractivity contribution >= 4 is 28.9 Å². The Morgan fingerprint density at radius 1 is 1.19 bits per heavy atom. The van der Waals surface area contributed by atoms with Gasteiger partial charge in [0.2, 0.25) is 0 Å². The Hall–Kier alpha value is -1.98. The quantitative estimate of drug-likeness (QED) is 0.632. The minimum absolute atomic E-state index is 0.167. The maximum Gasteiger partial charge on any atom is 0.167 e. The molecular formula is C20H21ClN2O2S. The van der Waals surface area contributed by atoms with E-state index >= 15 is 0 Å². The van der Waals surface area contributed by atoms with Crippen molar-refractivity contribution in [2.24, 2.45) is 0 Å². The van der Waals surface area contributed by atoms with E-state index in [-0.39, 0.29) is 17.4 Å². The van der Waals surface area contributed by atoms with Gasteiger partial charge in [0.25, 0.3) is 0 Å². The van der Waals surface area contributed by atoms with Gasteiger partial charge in [-0.1, -0.05) is 29.8 Å². The van der Waals surface area contributed by atoms with E-state index in [0.29, 0.717) is 22.3 Å². The Morgan fingerprint density at radius 3 is 2.69 bits per heavy atom. The van der Waals surface area contributed by atoms with Gasteiger partial charge >= 0.3 is 0 Å². The largest absolute Gasteiger partial charge is 0.508 e. The molecule has 4 rings (SSSR count). The zero-order valence-electron chi connectivity index (χ0n) is 14.7. The van der Waals surface area contributed by atoms with E-state index in [1.165, 1.54) is 0 Å². The predicted octanol–water partition coefficient (Wildman–Crippen LogP) is 4.41. The normalized spacial score (nSPS) is 26.4. The molecule has 0 radical (unpaired) electrons. The third-order valence-corrected chi connectivity index (χ3v) is 5.63. The van der Waals surface area contributed by atoms with Crippen LogP contribution in [0.1, 0.15) is 43.9 Å². The molecule has 2 aliphatic heterocycles. The van der Waals surface area contributed by atoms with E-state index < -0.39 is 5.54 Å². The van der Waals surface area contributed by atoms with Crippen molar-refractivity contribution in [2.75, 3.05) is 0 Å². The van der Waals surface area contributed by atoms with Crippen LogP contribution in [0.2, 0.25) is 5.02 Å². The van der Waals surface area contributed by atoms with Gasteiger partial charge in [0.05, 0.1) is 5.54 Å². The number of benzene rings is 2. The van der Waals surface area contributed by atoms with Gasteiger partial charge in [0.1, 0.15) is 17.6 Å². The maximum atomic E-state index is 9.98. The van der Waals surface area contributed by atoms with Crippen molar-refractivity contribution in [3.05, 3.63) is 58.6 Å². The summed E-state index contributed by atoms with van der Waals surface area (Å²) in [5, 5.41) is 18.1. The second kappa shape index (κ2) is 6.03. The molecule has 136 valence electrons. The van der Waals surface area contributed by atoms with E-state index in [2.05, 4.69) is 24.5 Å². The van der Waals surface area contributed by atoms with Crippen molar-refractivity contribution in [3.63, 3.8) is 0 Å². The van der Waals surface area contributed by atoms with Crippen LogP contribution in [-0.4, -0.2) is 15.8 Å². The maximum absolute atomic E-state index is 9.98. The molecule has 2 aliphatic rings. The fraction of sp³-hybridized carbons (Fsp3) is 0.350. The van der Waals surface area contributed by atoms with E-state index in [1.54, 1.807) is 12.1 Å². The van der Waals surface area contributed by atoms with Crippen LogP contribution in [-0.2, 0) is 5.54 Å². The fourth-order valence-electron chi connectivity index (χ4n) is 4.22. The summed E-state index contributed by atoms with van der Waals surface area (Å²) in [7, 11) is 0. The molecule has 1 fully saturated rings. The van der Waals surface area contributed by atoms with Crippen LogP contribution in [0.3, 0.4) is 0 Å². The Morgan fingerprint density at radius 2 is 1.96 bits per heavy atom. The molecule has 0 aliphatic carbocycles. The van der Waals surface area contributed by atoms with Crippen LogP contribution in [0.5, 0.6) is 11.5 Å². The van der Waals surface area contributed by atoms with Crippen LogP contribution >= 0.6 is 23.8 Å². The molecule has 0 amide bonds. The molecule has 2 unspecified atom stereocenters. The summed E-state index contributed by atoms with van der Waals surface area (Å²) < 4.78 is 6.26. The number of phenols is 1. The van der Waals surface area contributed by atoms with Gasteiger partial charge in [-0.2, -0.15) is 0 Å². The first-order valence-corrected chi connectivity index (χ1v) is 9.42. The molecule has 3 N–H and O–H groups in total. The highest BCUT2D eigenvalue weighted by atomic mass is 35.5. The first kappa shape index (κ1) is 17.4. The standard InChI is InChI=1S/C20H21ClN2O2S/c1-19(2)11-20(23-18(26)22-19)10-17(13-5-3-4-6-15(13)21)25-16-9-12(24)7-8-14(16)20/h3-9,17,24H,10-11H2,1-2H3,(H2,22,23,26). The average Bonchev–Trinajstić information content (AvgIpc) is 2.52. The van der Waals surface area contributed by atoms with E-state index in [1.807, 2.05) is 30.3 Å². The highest BCUT2D eigenvalue weighted by Crippen LogP contribution is 2.50. The molecule has 1 saturated heterocycles. The molecule has 2 heterocycles. The van der Waals surface area contributed by atoms with Crippen molar-refractivity contribution in [1.82, 2.24) is 10.6 Å². The second-order valence-corrected chi connectivity index (χ2v) is 8.55.